The first-order valence-corrected chi connectivity index (χ1v) is 14.2. The van der Waals surface area contributed by atoms with E-state index in [-0.39, 0.29) is 27.5 Å². The fourth-order valence-corrected chi connectivity index (χ4v) is 5.89. The molecule has 2 unspecified atom stereocenters. The van der Waals surface area contributed by atoms with Crippen molar-refractivity contribution in [3.05, 3.63) is 86.9 Å². The van der Waals surface area contributed by atoms with Crippen molar-refractivity contribution in [3.8, 4) is 0 Å². The van der Waals surface area contributed by atoms with Gasteiger partial charge in [-0.05, 0) is 60.5 Å². The molecule has 4 rings (SSSR count). The van der Waals surface area contributed by atoms with E-state index in [1.807, 2.05) is 6.92 Å². The van der Waals surface area contributed by atoms with Gasteiger partial charge in [-0.25, -0.2) is 0 Å². The fourth-order valence-electron chi connectivity index (χ4n) is 4.38. The fraction of sp³-hybridized carbons (Fsp3) is 0.250. The molecule has 0 aliphatic heterocycles. The Morgan fingerprint density at radius 1 is 1.10 bits per heavy atom. The summed E-state index contributed by atoms with van der Waals surface area (Å²) in [6, 6.07) is 7.25. The van der Waals surface area contributed by atoms with Crippen molar-refractivity contribution < 1.29 is 22.8 Å². The monoisotopic (exact) mass is 678 g/mol. The van der Waals surface area contributed by atoms with Crippen molar-refractivity contribution in [2.75, 3.05) is 10.6 Å². The summed E-state index contributed by atoms with van der Waals surface area (Å²) in [5, 5.41) is 10.2. The summed E-state index contributed by atoms with van der Waals surface area (Å²) in [4.78, 5) is 26.2. The predicted molar refractivity (Wildman–Crippen MR) is 162 cm³/mol. The first-order valence-electron chi connectivity index (χ1n) is 12.3. The lowest BCUT2D eigenvalue weighted by Crippen LogP contribution is -2.18. The minimum atomic E-state index is -4.58. The number of amides is 2. The molecule has 1 aliphatic carbocycles. The van der Waals surface area contributed by atoms with Gasteiger partial charge in [-0.15, -0.1) is 23.2 Å². The van der Waals surface area contributed by atoms with Crippen LogP contribution < -0.4 is 10.6 Å². The van der Waals surface area contributed by atoms with E-state index in [1.54, 1.807) is 6.08 Å². The Balaban J connectivity index is 1.52. The number of aryl methyl sites for hydroxylation is 1. The van der Waals surface area contributed by atoms with Crippen LogP contribution in [0.4, 0.5) is 24.7 Å². The van der Waals surface area contributed by atoms with Crippen molar-refractivity contribution in [1.82, 2.24) is 9.78 Å². The molecule has 2 N–H and O–H groups in total. The van der Waals surface area contributed by atoms with Crippen LogP contribution >= 0.6 is 58.0 Å². The van der Waals surface area contributed by atoms with Gasteiger partial charge in [0.05, 0.1) is 27.6 Å². The molecule has 0 spiro atoms. The third-order valence-corrected chi connectivity index (χ3v) is 8.44. The van der Waals surface area contributed by atoms with Gasteiger partial charge in [-0.2, -0.15) is 18.3 Å². The van der Waals surface area contributed by atoms with Gasteiger partial charge in [0.2, 0.25) is 5.91 Å². The Hall–Kier alpha value is -2.69. The lowest BCUT2D eigenvalue weighted by atomic mass is 10.1. The lowest BCUT2D eigenvalue weighted by Gasteiger charge is -2.10. The molecular weight excluding hydrogens is 659 g/mol. The number of anilines is 2. The summed E-state index contributed by atoms with van der Waals surface area (Å²) in [6.07, 6.45) is -0.917. The predicted octanol–water partition coefficient (Wildman–Crippen LogP) is 9.07. The molecule has 1 aromatic heterocycles. The minimum absolute atomic E-state index is 0.0296. The highest BCUT2D eigenvalue weighted by Gasteiger charge is 2.67. The molecule has 2 atom stereocenters. The van der Waals surface area contributed by atoms with Crippen LogP contribution in [0.5, 0.6) is 0 Å². The number of alkyl halides is 5. The molecule has 1 fully saturated rings. The maximum absolute atomic E-state index is 13.3. The zero-order chi connectivity index (χ0) is 31.1. The van der Waals surface area contributed by atoms with Gasteiger partial charge >= 0.3 is 6.18 Å². The van der Waals surface area contributed by atoms with Crippen LogP contribution in [-0.2, 0) is 18.0 Å². The van der Waals surface area contributed by atoms with Gasteiger partial charge in [-0.3, -0.25) is 14.3 Å². The lowest BCUT2D eigenvalue weighted by molar-refractivity contribution is -0.137. The second kappa shape index (κ2) is 12.1. The number of aromatic nitrogens is 2. The number of hydrogen-bond acceptors (Lipinski definition) is 3. The van der Waals surface area contributed by atoms with Crippen molar-refractivity contribution in [2.45, 2.75) is 23.9 Å². The van der Waals surface area contributed by atoms with Gasteiger partial charge in [0.15, 0.2) is 5.82 Å². The number of hydrogen-bond donors (Lipinski definition) is 2. The van der Waals surface area contributed by atoms with Crippen LogP contribution in [0, 0.1) is 11.8 Å². The highest BCUT2D eigenvalue weighted by atomic mass is 35.5. The topological polar surface area (TPSA) is 76.0 Å². The summed E-state index contributed by atoms with van der Waals surface area (Å²) in [5.41, 5.74) is 0.0447. The highest BCUT2D eigenvalue weighted by Crippen LogP contribution is 2.62. The van der Waals surface area contributed by atoms with Gasteiger partial charge < -0.3 is 10.6 Å². The second-order valence-corrected chi connectivity index (χ2v) is 12.3. The SMILES string of the molecule is C=C(/C=C(Cl)\C=C(\Cl)CC)C1C(C(=O)Nc2ccc(Cl)c(C(=O)Nc3nn(C)c4ccc(C(F)(F)F)cc34)c2)C1(Cl)Cl. The van der Waals surface area contributed by atoms with Crippen LogP contribution in [-0.4, -0.2) is 25.9 Å². The number of allylic oxidation sites excluding steroid dienone is 5. The molecular formula is C28H22Cl5F3N4O2. The quantitative estimate of drug-likeness (QED) is 0.184. The number of rotatable bonds is 8. The maximum atomic E-state index is 13.3. The first-order chi connectivity index (χ1) is 19.5. The summed E-state index contributed by atoms with van der Waals surface area (Å²) >= 11 is 31.3. The maximum Gasteiger partial charge on any atom is 0.416 e. The van der Waals surface area contributed by atoms with E-state index in [0.29, 0.717) is 27.6 Å². The van der Waals surface area contributed by atoms with Crippen molar-refractivity contribution in [3.63, 3.8) is 0 Å². The van der Waals surface area contributed by atoms with E-state index in [0.717, 1.165) is 12.1 Å². The largest absolute Gasteiger partial charge is 0.416 e. The average Bonchev–Trinajstić information content (AvgIpc) is 3.36. The summed E-state index contributed by atoms with van der Waals surface area (Å²) < 4.78 is 39.7. The summed E-state index contributed by atoms with van der Waals surface area (Å²) in [6.45, 7) is 5.80. The molecule has 14 heteroatoms. The zero-order valence-corrected chi connectivity index (χ0v) is 25.7. The number of benzene rings is 2. The molecule has 1 aliphatic rings. The molecule has 1 saturated carbocycles. The summed E-state index contributed by atoms with van der Waals surface area (Å²) in [5.74, 6) is -2.91. The number of carbonyl (C=O) groups is 2. The summed E-state index contributed by atoms with van der Waals surface area (Å²) in [7, 11) is 1.53. The highest BCUT2D eigenvalue weighted by molar-refractivity contribution is 6.53. The second-order valence-electron chi connectivity index (χ2n) is 9.52. The van der Waals surface area contributed by atoms with Gasteiger partial charge in [0, 0.05) is 34.1 Å². The molecule has 0 radical (unpaired) electrons. The van der Waals surface area contributed by atoms with Crippen LogP contribution in [0.3, 0.4) is 0 Å². The van der Waals surface area contributed by atoms with Gasteiger partial charge in [-0.1, -0.05) is 48.3 Å². The Kier molecular flexibility index (Phi) is 9.31. The van der Waals surface area contributed by atoms with Gasteiger partial charge in [0.1, 0.15) is 4.33 Å². The minimum Gasteiger partial charge on any atom is -0.326 e. The van der Waals surface area contributed by atoms with Crippen molar-refractivity contribution in [2.24, 2.45) is 18.9 Å². The molecule has 2 aromatic carbocycles. The Morgan fingerprint density at radius 3 is 2.43 bits per heavy atom. The van der Waals surface area contributed by atoms with E-state index >= 15 is 0 Å². The van der Waals surface area contributed by atoms with E-state index in [1.165, 1.54) is 42.1 Å². The third kappa shape index (κ3) is 6.76. The molecule has 6 nitrogen and oxygen atoms in total. The van der Waals surface area contributed by atoms with Crippen LogP contribution in [0.2, 0.25) is 5.02 Å². The number of nitrogens with one attached hydrogen (secondary N) is 2. The molecule has 2 amide bonds. The Morgan fingerprint density at radius 2 is 1.79 bits per heavy atom. The smallest absolute Gasteiger partial charge is 0.326 e. The number of carbonyl (C=O) groups excluding carboxylic acids is 2. The van der Waals surface area contributed by atoms with Crippen LogP contribution in [0.1, 0.15) is 29.3 Å². The third-order valence-electron chi connectivity index (χ3n) is 6.58. The van der Waals surface area contributed by atoms with Crippen LogP contribution in [0.25, 0.3) is 10.9 Å². The first kappa shape index (κ1) is 32.2. The molecule has 0 bridgehead atoms. The molecule has 0 saturated heterocycles. The standard InChI is InChI=1S/C28H22Cl5F3N4O2/c1-4-15(29)11-16(30)9-13(2)22-23(27(22,32)33)26(42)37-17-6-7-20(31)18(12-17)25(41)38-24-19-10-14(28(34,35)36)5-8-21(19)40(3)39-24/h5-12,22-23H,2,4H2,1,3H3,(H,37,42)(H,38,39,41)/b15-11+,16-9+. The van der Waals surface area contributed by atoms with E-state index < -0.39 is 39.7 Å². The number of fused-ring (bicyclic) bond motifs is 1. The molecule has 1 heterocycles. The number of nitrogens with zero attached hydrogens (tertiary/aromatic N) is 2. The zero-order valence-electron chi connectivity index (χ0n) is 21.9. The Labute approximate surface area is 264 Å². The van der Waals surface area contributed by atoms with Gasteiger partial charge in [0.25, 0.3) is 5.91 Å². The van der Waals surface area contributed by atoms with E-state index in [4.69, 9.17) is 58.0 Å². The van der Waals surface area contributed by atoms with E-state index in [9.17, 15) is 22.8 Å². The van der Waals surface area contributed by atoms with Crippen LogP contribution in [0.15, 0.2) is 70.8 Å². The molecule has 3 aromatic rings. The number of halogens is 8. The Bertz CT molecular complexity index is 1660. The van der Waals surface area contributed by atoms with Crippen molar-refractivity contribution in [1.29, 1.82) is 0 Å². The molecule has 222 valence electrons. The average molecular weight is 681 g/mol. The normalized spacial score (nSPS) is 18.6. The van der Waals surface area contributed by atoms with Crippen molar-refractivity contribution >= 4 is 92.2 Å². The molecule has 42 heavy (non-hydrogen) atoms. The van der Waals surface area contributed by atoms with E-state index in [2.05, 4.69) is 22.3 Å².